The molecule has 0 bridgehead atoms. The zero-order valence-corrected chi connectivity index (χ0v) is 45.4. The van der Waals surface area contributed by atoms with Gasteiger partial charge in [-0.3, -0.25) is 4.79 Å². The van der Waals surface area contributed by atoms with Crippen molar-refractivity contribution in [3.63, 3.8) is 0 Å². The molecule has 1 amide bonds. The van der Waals surface area contributed by atoms with Crippen molar-refractivity contribution in [2.24, 2.45) is 0 Å². The molecule has 0 aromatic rings. The summed E-state index contributed by atoms with van der Waals surface area (Å²) in [6.07, 6.45) is 72.2. The third-order valence-corrected chi connectivity index (χ3v) is 13.9. The summed E-state index contributed by atoms with van der Waals surface area (Å²) in [5.41, 5.74) is 0. The number of amides is 1. The van der Waals surface area contributed by atoms with Crippen molar-refractivity contribution in [1.82, 2.24) is 5.32 Å². The van der Waals surface area contributed by atoms with Crippen molar-refractivity contribution in [3.8, 4) is 0 Å². The topological polar surface area (TPSA) is 110 Å². The molecule has 5 N–H and O–H groups in total. The summed E-state index contributed by atoms with van der Waals surface area (Å²) < 4.78 is 0. The second-order valence-electron chi connectivity index (χ2n) is 20.7. The summed E-state index contributed by atoms with van der Waals surface area (Å²) in [4.78, 5) is 12.6. The number of nitrogens with one attached hydrogen (secondary N) is 1. The van der Waals surface area contributed by atoms with Gasteiger partial charge in [0.05, 0.1) is 18.8 Å². The molecular formula is C62H117NO5. The Morgan fingerprint density at radius 3 is 0.985 bits per heavy atom. The molecule has 0 aliphatic rings. The van der Waals surface area contributed by atoms with Gasteiger partial charge >= 0.3 is 0 Å². The molecule has 0 radical (unpaired) electrons. The van der Waals surface area contributed by atoms with E-state index in [9.17, 15) is 25.2 Å². The maximum absolute atomic E-state index is 12.6. The molecule has 4 unspecified atom stereocenters. The molecule has 6 nitrogen and oxygen atoms in total. The van der Waals surface area contributed by atoms with Gasteiger partial charge in [-0.15, -0.1) is 0 Å². The predicted molar refractivity (Wildman–Crippen MR) is 297 cm³/mol. The lowest BCUT2D eigenvalue weighted by atomic mass is 10.00. The largest absolute Gasteiger partial charge is 0.394 e. The van der Waals surface area contributed by atoms with Gasteiger partial charge in [0.2, 0.25) is 5.91 Å². The summed E-state index contributed by atoms with van der Waals surface area (Å²) in [6.45, 7) is 3.99. The summed E-state index contributed by atoms with van der Waals surface area (Å²) in [5.74, 6) is -0.598. The summed E-state index contributed by atoms with van der Waals surface area (Å²) in [5, 5.41) is 43.8. The lowest BCUT2D eigenvalue weighted by Crippen LogP contribution is -2.53. The highest BCUT2D eigenvalue weighted by Crippen LogP contribution is 2.18. The zero-order valence-electron chi connectivity index (χ0n) is 45.4. The number of carbonyl (C=O) groups excluding carboxylic acids is 1. The number of rotatable bonds is 55. The SMILES string of the molecule is CCC/C=C/CC/C=C/CC/C=C/CCCC(O)C(O)C(CO)NC(=O)C(O)CCCCCCCCCCCCCCCCCC/C=C\CCCCCCCCCCCCCCCCCCCC. The molecule has 68 heavy (non-hydrogen) atoms. The van der Waals surface area contributed by atoms with E-state index in [4.69, 9.17) is 0 Å². The van der Waals surface area contributed by atoms with Crippen LogP contribution in [-0.2, 0) is 4.79 Å². The van der Waals surface area contributed by atoms with Gasteiger partial charge in [0.1, 0.15) is 12.2 Å². The Bertz CT molecular complexity index is 1120. The van der Waals surface area contributed by atoms with Crippen LogP contribution in [0.15, 0.2) is 48.6 Å². The first-order valence-corrected chi connectivity index (χ1v) is 30.0. The minimum Gasteiger partial charge on any atom is -0.394 e. The van der Waals surface area contributed by atoms with Gasteiger partial charge in [-0.05, 0) is 83.5 Å². The van der Waals surface area contributed by atoms with Crippen LogP contribution in [0.5, 0.6) is 0 Å². The number of aliphatic hydroxyl groups excluding tert-OH is 4. The van der Waals surface area contributed by atoms with Crippen LogP contribution in [0.25, 0.3) is 0 Å². The van der Waals surface area contributed by atoms with E-state index in [2.05, 4.69) is 67.8 Å². The third-order valence-electron chi connectivity index (χ3n) is 13.9. The number of unbranched alkanes of at least 4 members (excludes halogenated alkanes) is 38. The Morgan fingerprint density at radius 2 is 0.647 bits per heavy atom. The fourth-order valence-corrected chi connectivity index (χ4v) is 9.27. The second kappa shape index (κ2) is 56.2. The van der Waals surface area contributed by atoms with E-state index >= 15 is 0 Å². The Kier molecular flexibility index (Phi) is 54.8. The van der Waals surface area contributed by atoms with Gasteiger partial charge in [-0.1, -0.05) is 274 Å². The number of carbonyl (C=O) groups is 1. The van der Waals surface area contributed by atoms with Gasteiger partial charge < -0.3 is 25.7 Å². The number of allylic oxidation sites excluding steroid dienone is 8. The fourth-order valence-electron chi connectivity index (χ4n) is 9.27. The molecule has 4 atom stereocenters. The molecule has 400 valence electrons. The fraction of sp³-hybridized carbons (Fsp3) is 0.855. The van der Waals surface area contributed by atoms with Crippen molar-refractivity contribution in [3.05, 3.63) is 48.6 Å². The number of aliphatic hydroxyl groups is 4. The van der Waals surface area contributed by atoms with Crippen LogP contribution < -0.4 is 5.32 Å². The molecule has 0 fully saturated rings. The third kappa shape index (κ3) is 49.3. The van der Waals surface area contributed by atoms with E-state index < -0.39 is 36.9 Å². The smallest absolute Gasteiger partial charge is 0.249 e. The lowest BCUT2D eigenvalue weighted by Gasteiger charge is -2.27. The summed E-state index contributed by atoms with van der Waals surface area (Å²) in [6, 6.07) is -1.01. The molecule has 0 saturated carbocycles. The minimum atomic E-state index is -1.29. The molecule has 6 heteroatoms. The monoisotopic (exact) mass is 956 g/mol. The van der Waals surface area contributed by atoms with Crippen molar-refractivity contribution in [2.75, 3.05) is 6.61 Å². The molecule has 0 aliphatic carbocycles. The van der Waals surface area contributed by atoms with Crippen LogP contribution >= 0.6 is 0 Å². The van der Waals surface area contributed by atoms with E-state index in [0.29, 0.717) is 19.3 Å². The molecule has 0 heterocycles. The standard InChI is InChI=1S/C62H117NO5/c1-3-5-7-9-11-13-15-17-19-20-21-22-23-24-25-26-27-28-29-30-31-32-33-34-35-36-37-38-39-40-41-42-44-46-48-50-52-54-56-60(66)62(68)63-58(57-64)61(67)59(65)55-53-51-49-47-45-43-18-16-14-12-10-8-6-4-2/h8,10,16,18,30-31,47,49,58-61,64-67H,3-7,9,11-15,17,19-29,32-46,48,50-57H2,1-2H3,(H,63,68)/b10-8+,18-16+,31-30-,49-47+. The van der Waals surface area contributed by atoms with Crippen LogP contribution in [0.1, 0.15) is 309 Å². The molecule has 0 aromatic carbocycles. The first-order valence-electron chi connectivity index (χ1n) is 30.0. The quantitative estimate of drug-likeness (QED) is 0.0308. The summed E-state index contributed by atoms with van der Waals surface area (Å²) >= 11 is 0. The van der Waals surface area contributed by atoms with Crippen LogP contribution in [0.2, 0.25) is 0 Å². The summed E-state index contributed by atoms with van der Waals surface area (Å²) in [7, 11) is 0. The highest BCUT2D eigenvalue weighted by molar-refractivity contribution is 5.80. The van der Waals surface area contributed by atoms with Crippen molar-refractivity contribution >= 4 is 5.91 Å². The van der Waals surface area contributed by atoms with Crippen molar-refractivity contribution in [1.29, 1.82) is 0 Å². The molecule has 0 rings (SSSR count). The Morgan fingerprint density at radius 1 is 0.353 bits per heavy atom. The van der Waals surface area contributed by atoms with Gasteiger partial charge in [-0.2, -0.15) is 0 Å². The maximum Gasteiger partial charge on any atom is 0.249 e. The van der Waals surface area contributed by atoms with Gasteiger partial charge in [0, 0.05) is 0 Å². The average molecular weight is 957 g/mol. The van der Waals surface area contributed by atoms with E-state index in [1.165, 1.54) is 218 Å². The lowest BCUT2D eigenvalue weighted by molar-refractivity contribution is -0.132. The van der Waals surface area contributed by atoms with Crippen molar-refractivity contribution in [2.45, 2.75) is 334 Å². The highest BCUT2D eigenvalue weighted by atomic mass is 16.3. The van der Waals surface area contributed by atoms with Gasteiger partial charge in [0.25, 0.3) is 0 Å². The first kappa shape index (κ1) is 66.3. The molecule has 0 aromatic heterocycles. The average Bonchev–Trinajstić information content (AvgIpc) is 3.34. The predicted octanol–water partition coefficient (Wildman–Crippen LogP) is 17.8. The van der Waals surface area contributed by atoms with E-state index in [1.54, 1.807) is 0 Å². The number of hydrogen-bond donors (Lipinski definition) is 5. The normalized spacial score (nSPS) is 14.0. The molecule has 0 aliphatic heterocycles. The Balaban J connectivity index is 3.53. The Labute approximate surface area is 423 Å². The van der Waals surface area contributed by atoms with Crippen LogP contribution in [0, 0.1) is 0 Å². The molecule has 0 saturated heterocycles. The van der Waals surface area contributed by atoms with Crippen LogP contribution in [0.4, 0.5) is 0 Å². The van der Waals surface area contributed by atoms with Crippen LogP contribution in [-0.4, -0.2) is 57.3 Å². The van der Waals surface area contributed by atoms with Crippen LogP contribution in [0.3, 0.4) is 0 Å². The van der Waals surface area contributed by atoms with E-state index in [-0.39, 0.29) is 0 Å². The molecule has 0 spiro atoms. The maximum atomic E-state index is 12.6. The van der Waals surface area contributed by atoms with E-state index in [0.717, 1.165) is 57.8 Å². The number of hydrogen-bond acceptors (Lipinski definition) is 5. The van der Waals surface area contributed by atoms with Gasteiger partial charge in [-0.25, -0.2) is 0 Å². The van der Waals surface area contributed by atoms with Crippen molar-refractivity contribution < 1.29 is 25.2 Å². The Hall–Kier alpha value is -1.73. The minimum absolute atomic E-state index is 0.359. The second-order valence-corrected chi connectivity index (χ2v) is 20.7. The van der Waals surface area contributed by atoms with E-state index in [1.807, 2.05) is 0 Å². The van der Waals surface area contributed by atoms with Gasteiger partial charge in [0.15, 0.2) is 0 Å². The highest BCUT2D eigenvalue weighted by Gasteiger charge is 2.28. The zero-order chi connectivity index (χ0) is 49.5. The molecular weight excluding hydrogens is 839 g/mol. The first-order chi connectivity index (χ1) is 33.5.